The Morgan fingerprint density at radius 2 is 1.56 bits per heavy atom. The van der Waals surface area contributed by atoms with Gasteiger partial charge in [0.25, 0.3) is 0 Å². The van der Waals surface area contributed by atoms with Crippen LogP contribution in [0.3, 0.4) is 0 Å². The number of rotatable bonds is 4. The number of amides is 1. The average Bonchev–Trinajstić information content (AvgIpc) is 3.62. The SMILES string of the molecule is CC1(C(=O)O)CCC2(C)CCC3(C)C(=CC(=O)C4C5(C)CCC(O)C(C)(C)C5CCC43C)C2C1.O=C(C=CC=Cc1ccc2c(c1)OCO2)N1CCCCC1. The number of ketones is 1. The molecule has 8 rings (SSSR count). The van der Waals surface area contributed by atoms with E-state index in [4.69, 9.17) is 9.47 Å². The van der Waals surface area contributed by atoms with Crippen LogP contribution in [0.25, 0.3) is 6.08 Å². The summed E-state index contributed by atoms with van der Waals surface area (Å²) in [6, 6.07) is 5.79. The zero-order valence-corrected chi connectivity index (χ0v) is 34.4. The Labute approximate surface area is 328 Å². The van der Waals surface area contributed by atoms with Crippen molar-refractivity contribution in [3.63, 3.8) is 0 Å². The first-order valence-corrected chi connectivity index (χ1v) is 21.1. The van der Waals surface area contributed by atoms with Crippen molar-refractivity contribution in [3.05, 3.63) is 53.6 Å². The van der Waals surface area contributed by atoms with Crippen molar-refractivity contribution >= 4 is 23.7 Å². The first kappa shape index (κ1) is 39.8. The van der Waals surface area contributed by atoms with Gasteiger partial charge in [0.05, 0.1) is 11.5 Å². The van der Waals surface area contributed by atoms with Crippen LogP contribution in [0.4, 0.5) is 0 Å². The maximum atomic E-state index is 14.2. The summed E-state index contributed by atoms with van der Waals surface area (Å²) in [5, 5.41) is 20.9. The number of hydrogen-bond donors (Lipinski definition) is 2. The second kappa shape index (κ2) is 14.2. The predicted molar refractivity (Wildman–Crippen MR) is 214 cm³/mol. The van der Waals surface area contributed by atoms with E-state index in [9.17, 15) is 24.6 Å². The molecule has 1 aromatic rings. The average molecular weight is 756 g/mol. The molecule has 0 radical (unpaired) electrons. The molecule has 300 valence electrons. The number of carboxylic acids is 1. The number of nitrogens with zero attached hydrogens (tertiary/aromatic N) is 1. The zero-order chi connectivity index (χ0) is 39.6. The molecule has 5 fully saturated rings. The molecule has 1 aromatic carbocycles. The van der Waals surface area contributed by atoms with Crippen molar-refractivity contribution in [1.82, 2.24) is 4.90 Å². The molecule has 9 atom stereocenters. The van der Waals surface area contributed by atoms with E-state index in [2.05, 4.69) is 41.5 Å². The van der Waals surface area contributed by atoms with E-state index in [-0.39, 0.29) is 63.5 Å². The van der Waals surface area contributed by atoms with Gasteiger partial charge in [-0.05, 0) is 147 Å². The molecular weight excluding hydrogens is 691 g/mol. The maximum absolute atomic E-state index is 14.2. The smallest absolute Gasteiger partial charge is 0.309 e. The second-order valence-electron chi connectivity index (χ2n) is 20.2. The van der Waals surface area contributed by atoms with Gasteiger partial charge < -0.3 is 24.6 Å². The minimum atomic E-state index is -0.711. The highest BCUT2D eigenvalue weighted by Crippen LogP contribution is 2.75. The van der Waals surface area contributed by atoms with E-state index in [1.54, 1.807) is 12.2 Å². The predicted octanol–water partition coefficient (Wildman–Crippen LogP) is 9.41. The summed E-state index contributed by atoms with van der Waals surface area (Å²) >= 11 is 0. The molecule has 8 nitrogen and oxygen atoms in total. The molecular formula is C47H65NO7. The third-order valence-corrected chi connectivity index (χ3v) is 16.8. The number of ether oxygens (including phenoxy) is 2. The lowest BCUT2D eigenvalue weighted by molar-refractivity contribution is -0.202. The fourth-order valence-corrected chi connectivity index (χ4v) is 12.9. The molecule has 8 heteroatoms. The number of hydrogen-bond acceptors (Lipinski definition) is 6. The fourth-order valence-electron chi connectivity index (χ4n) is 12.9. The Kier molecular flexibility index (Phi) is 10.3. The summed E-state index contributed by atoms with van der Waals surface area (Å²) < 4.78 is 10.6. The highest BCUT2D eigenvalue weighted by molar-refractivity contribution is 5.95. The fraction of sp³-hybridized carbons (Fsp3) is 0.681. The minimum absolute atomic E-state index is 0.0296. The van der Waals surface area contributed by atoms with Gasteiger partial charge in [-0.2, -0.15) is 0 Å². The number of aliphatic carboxylic acids is 1. The Bertz CT molecular complexity index is 1790. The molecule has 4 saturated carbocycles. The van der Waals surface area contributed by atoms with Gasteiger partial charge in [-0.25, -0.2) is 0 Å². The summed E-state index contributed by atoms with van der Waals surface area (Å²) in [6.07, 6.45) is 20.7. The zero-order valence-electron chi connectivity index (χ0n) is 34.4. The number of allylic oxidation sites excluding steroid dienone is 4. The topological polar surface area (TPSA) is 113 Å². The lowest BCUT2D eigenvalue weighted by Crippen LogP contribution is -2.66. The van der Waals surface area contributed by atoms with Gasteiger partial charge >= 0.3 is 5.97 Å². The highest BCUT2D eigenvalue weighted by atomic mass is 16.7. The summed E-state index contributed by atoms with van der Waals surface area (Å²) in [5.41, 5.74) is 1.16. The van der Waals surface area contributed by atoms with Crippen molar-refractivity contribution in [2.45, 2.75) is 132 Å². The van der Waals surface area contributed by atoms with Gasteiger partial charge in [-0.15, -0.1) is 0 Å². The Balaban J connectivity index is 0.000000190. The van der Waals surface area contributed by atoms with E-state index < -0.39 is 11.4 Å². The number of likely N-dealkylation sites (tertiary alicyclic amines) is 1. The van der Waals surface area contributed by atoms with Gasteiger partial charge in [-0.1, -0.05) is 71.4 Å². The van der Waals surface area contributed by atoms with Gasteiger partial charge in [0, 0.05) is 25.1 Å². The lowest BCUT2D eigenvalue weighted by atomic mass is 9.33. The quantitative estimate of drug-likeness (QED) is 0.233. The van der Waals surface area contributed by atoms with E-state index in [0.29, 0.717) is 12.3 Å². The van der Waals surface area contributed by atoms with Crippen molar-refractivity contribution < 1.29 is 34.1 Å². The normalized spacial score (nSPS) is 40.3. The van der Waals surface area contributed by atoms with Crippen LogP contribution in [0.15, 0.2) is 48.1 Å². The highest BCUT2D eigenvalue weighted by Gasteiger charge is 2.70. The molecule has 7 aliphatic rings. The first-order valence-electron chi connectivity index (χ1n) is 21.1. The number of piperidine rings is 1. The van der Waals surface area contributed by atoms with Crippen LogP contribution >= 0.6 is 0 Å². The van der Waals surface area contributed by atoms with E-state index >= 15 is 0 Å². The van der Waals surface area contributed by atoms with E-state index in [1.807, 2.05) is 48.3 Å². The number of carboxylic acid groups (broad SMARTS) is 1. The number of benzene rings is 1. The van der Waals surface area contributed by atoms with Crippen LogP contribution < -0.4 is 9.47 Å². The first-order chi connectivity index (χ1) is 25.9. The molecule has 2 N–H and O–H groups in total. The monoisotopic (exact) mass is 755 g/mol. The van der Waals surface area contributed by atoms with Gasteiger partial charge in [0.2, 0.25) is 12.7 Å². The number of carbonyl (C=O) groups excluding carboxylic acids is 2. The number of aliphatic hydroxyl groups is 1. The van der Waals surface area contributed by atoms with Crippen LogP contribution in [0, 0.1) is 50.2 Å². The van der Waals surface area contributed by atoms with Crippen LogP contribution in [0.1, 0.15) is 131 Å². The van der Waals surface area contributed by atoms with Crippen LogP contribution in [0.5, 0.6) is 11.5 Å². The molecule has 0 spiro atoms. The van der Waals surface area contributed by atoms with Crippen molar-refractivity contribution in [2.24, 2.45) is 50.2 Å². The summed E-state index contributed by atoms with van der Waals surface area (Å²) in [4.78, 5) is 40.3. The van der Waals surface area contributed by atoms with E-state index in [0.717, 1.165) is 94.4 Å². The Hall–Kier alpha value is -3.39. The number of aliphatic hydroxyl groups excluding tert-OH is 1. The molecule has 1 amide bonds. The minimum Gasteiger partial charge on any atom is -0.481 e. The van der Waals surface area contributed by atoms with Gasteiger partial charge in [-0.3, -0.25) is 14.4 Å². The molecule has 2 aliphatic heterocycles. The molecule has 55 heavy (non-hydrogen) atoms. The number of fused-ring (bicyclic) bond motifs is 8. The summed E-state index contributed by atoms with van der Waals surface area (Å²) in [5.74, 6) is 1.71. The Morgan fingerprint density at radius 1 is 0.855 bits per heavy atom. The molecule has 9 unspecified atom stereocenters. The molecule has 1 saturated heterocycles. The van der Waals surface area contributed by atoms with Crippen molar-refractivity contribution in [2.75, 3.05) is 19.9 Å². The third kappa shape index (κ3) is 6.60. The lowest BCUT2D eigenvalue weighted by Gasteiger charge is -2.70. The maximum Gasteiger partial charge on any atom is 0.309 e. The summed E-state index contributed by atoms with van der Waals surface area (Å²) in [6.45, 7) is 17.9. The Morgan fingerprint density at radius 3 is 2.29 bits per heavy atom. The van der Waals surface area contributed by atoms with Gasteiger partial charge in [0.15, 0.2) is 17.3 Å². The largest absolute Gasteiger partial charge is 0.481 e. The summed E-state index contributed by atoms with van der Waals surface area (Å²) in [7, 11) is 0. The van der Waals surface area contributed by atoms with Crippen LogP contribution in [-0.2, 0) is 14.4 Å². The standard InChI is InChI=1S/C30H46O4.C17H19NO3/c1-25(2)21-8-11-30(7)23(28(21,5)10-9-22(25)32)20(31)16-18-19-17-27(4,24(33)34)13-12-26(19,3)14-15-29(18,30)6;19-17(18-10-4-1-5-11-18)7-3-2-6-14-8-9-15-16(12-14)21-13-20-15/h16,19,21-23,32H,8-15,17H2,1-7H3,(H,33,34);2-3,6-9,12H,1,4-5,10-11,13H2. The third-order valence-electron chi connectivity index (χ3n) is 16.8. The second-order valence-corrected chi connectivity index (χ2v) is 20.2. The van der Waals surface area contributed by atoms with Crippen LogP contribution in [0.2, 0.25) is 0 Å². The molecule has 2 heterocycles. The van der Waals surface area contributed by atoms with Crippen molar-refractivity contribution in [3.8, 4) is 11.5 Å². The number of carbonyl (C=O) groups is 3. The van der Waals surface area contributed by atoms with Gasteiger partial charge in [0.1, 0.15) is 0 Å². The van der Waals surface area contributed by atoms with Crippen molar-refractivity contribution in [1.29, 1.82) is 0 Å². The van der Waals surface area contributed by atoms with E-state index in [1.165, 1.54) is 12.0 Å². The molecule has 5 aliphatic carbocycles. The molecule has 0 aromatic heterocycles. The van der Waals surface area contributed by atoms with Crippen LogP contribution in [-0.4, -0.2) is 58.8 Å². The molecule has 0 bridgehead atoms.